The molecule has 0 aliphatic rings. The van der Waals surface area contributed by atoms with E-state index in [2.05, 4.69) is 152 Å². The average molecular weight is 618 g/mol. The number of aromatic nitrogens is 3. The summed E-state index contributed by atoms with van der Waals surface area (Å²) in [7, 11) is 0. The van der Waals surface area contributed by atoms with Gasteiger partial charge < -0.3 is 0 Å². The SMILES string of the molecule is c1ccc(-c2ccc(-c3nc(-c4ccc(-c5ccccc5)cc4)nc(-c4ccc5ccc6sc7ccccc7c6c5c4)n3)cc2)cc1. The van der Waals surface area contributed by atoms with E-state index in [4.69, 9.17) is 15.0 Å². The van der Waals surface area contributed by atoms with Crippen LogP contribution in [-0.2, 0) is 0 Å². The van der Waals surface area contributed by atoms with Crippen LogP contribution in [0.3, 0.4) is 0 Å². The summed E-state index contributed by atoms with van der Waals surface area (Å²) in [5.41, 5.74) is 7.52. The van der Waals surface area contributed by atoms with E-state index in [9.17, 15) is 0 Å². The molecule has 0 spiro atoms. The number of hydrogen-bond donors (Lipinski definition) is 0. The quantitative estimate of drug-likeness (QED) is 0.193. The van der Waals surface area contributed by atoms with Gasteiger partial charge in [0.2, 0.25) is 0 Å². The highest BCUT2D eigenvalue weighted by Crippen LogP contribution is 2.39. The molecule has 2 heterocycles. The molecular weight excluding hydrogens is 591 g/mol. The number of thiophene rings is 1. The van der Waals surface area contributed by atoms with Crippen LogP contribution in [0.15, 0.2) is 164 Å². The predicted octanol–water partition coefficient (Wildman–Crippen LogP) is 11.7. The molecule has 9 aromatic rings. The summed E-state index contributed by atoms with van der Waals surface area (Å²) in [6.45, 7) is 0. The van der Waals surface area contributed by atoms with Crippen LogP contribution in [0.1, 0.15) is 0 Å². The van der Waals surface area contributed by atoms with E-state index in [1.54, 1.807) is 0 Å². The van der Waals surface area contributed by atoms with Crippen LogP contribution in [0.2, 0.25) is 0 Å². The van der Waals surface area contributed by atoms with E-state index < -0.39 is 0 Å². The van der Waals surface area contributed by atoms with Gasteiger partial charge in [0.1, 0.15) is 0 Å². The van der Waals surface area contributed by atoms with Gasteiger partial charge in [-0.2, -0.15) is 0 Å². The summed E-state index contributed by atoms with van der Waals surface area (Å²) < 4.78 is 2.58. The Morgan fingerprint density at radius 1 is 0.319 bits per heavy atom. The second-order valence-corrected chi connectivity index (χ2v) is 12.7. The minimum atomic E-state index is 0.649. The van der Waals surface area contributed by atoms with Gasteiger partial charge >= 0.3 is 0 Å². The van der Waals surface area contributed by atoms with Gasteiger partial charge in [0.15, 0.2) is 17.5 Å². The highest BCUT2D eigenvalue weighted by molar-refractivity contribution is 7.26. The summed E-state index contributed by atoms with van der Waals surface area (Å²) in [4.78, 5) is 15.2. The summed E-state index contributed by atoms with van der Waals surface area (Å²) in [6, 6.07) is 57.4. The van der Waals surface area contributed by atoms with Crippen LogP contribution in [0.5, 0.6) is 0 Å². The Morgan fingerprint density at radius 2 is 0.766 bits per heavy atom. The van der Waals surface area contributed by atoms with Crippen LogP contribution in [0.25, 0.3) is 87.4 Å². The van der Waals surface area contributed by atoms with Gasteiger partial charge in [-0.3, -0.25) is 0 Å². The lowest BCUT2D eigenvalue weighted by Gasteiger charge is -2.11. The molecule has 0 N–H and O–H groups in total. The first-order valence-electron chi connectivity index (χ1n) is 15.7. The van der Waals surface area contributed by atoms with E-state index >= 15 is 0 Å². The zero-order valence-electron chi connectivity index (χ0n) is 25.3. The van der Waals surface area contributed by atoms with E-state index in [0.29, 0.717) is 17.5 Å². The van der Waals surface area contributed by atoms with Crippen molar-refractivity contribution in [1.29, 1.82) is 0 Å². The molecule has 0 aliphatic heterocycles. The molecule has 47 heavy (non-hydrogen) atoms. The van der Waals surface area contributed by atoms with E-state index in [1.165, 1.54) is 42.1 Å². The molecule has 4 heteroatoms. The zero-order chi connectivity index (χ0) is 31.2. The number of nitrogens with zero attached hydrogens (tertiary/aromatic N) is 3. The summed E-state index contributed by atoms with van der Waals surface area (Å²) in [5, 5.41) is 4.98. The minimum Gasteiger partial charge on any atom is -0.208 e. The molecular formula is C43H27N3S. The van der Waals surface area contributed by atoms with Crippen molar-refractivity contribution in [3.8, 4) is 56.4 Å². The first kappa shape index (κ1) is 27.3. The van der Waals surface area contributed by atoms with Gasteiger partial charge in [-0.05, 0) is 51.2 Å². The molecule has 0 fully saturated rings. The van der Waals surface area contributed by atoms with Gasteiger partial charge in [-0.25, -0.2) is 15.0 Å². The highest BCUT2D eigenvalue weighted by Gasteiger charge is 2.15. The second-order valence-electron chi connectivity index (χ2n) is 11.7. The van der Waals surface area contributed by atoms with Gasteiger partial charge in [0.25, 0.3) is 0 Å². The first-order valence-corrected chi connectivity index (χ1v) is 16.5. The Balaban J connectivity index is 1.20. The van der Waals surface area contributed by atoms with Crippen molar-refractivity contribution in [1.82, 2.24) is 15.0 Å². The van der Waals surface area contributed by atoms with Crippen LogP contribution in [0, 0.1) is 0 Å². The van der Waals surface area contributed by atoms with Gasteiger partial charge in [-0.1, -0.05) is 146 Å². The molecule has 220 valence electrons. The maximum absolute atomic E-state index is 5.08. The lowest BCUT2D eigenvalue weighted by atomic mass is 10.0. The number of rotatable bonds is 5. The Morgan fingerprint density at radius 3 is 1.36 bits per heavy atom. The van der Waals surface area contributed by atoms with Crippen molar-refractivity contribution < 1.29 is 0 Å². The third-order valence-corrected chi connectivity index (χ3v) is 9.89. The topological polar surface area (TPSA) is 38.7 Å². The van der Waals surface area contributed by atoms with Crippen molar-refractivity contribution >= 4 is 42.3 Å². The molecule has 0 saturated heterocycles. The monoisotopic (exact) mass is 617 g/mol. The van der Waals surface area contributed by atoms with Gasteiger partial charge in [-0.15, -0.1) is 11.3 Å². The summed E-state index contributed by atoms with van der Waals surface area (Å²) >= 11 is 1.84. The average Bonchev–Trinajstić information content (AvgIpc) is 3.55. The predicted molar refractivity (Wildman–Crippen MR) is 197 cm³/mol. The molecule has 0 amide bonds. The Bertz CT molecular complexity index is 2440. The fourth-order valence-electron chi connectivity index (χ4n) is 6.33. The van der Waals surface area contributed by atoms with Crippen molar-refractivity contribution in [2.75, 3.05) is 0 Å². The maximum Gasteiger partial charge on any atom is 0.164 e. The Kier molecular flexibility index (Phi) is 6.65. The summed E-state index contributed by atoms with van der Waals surface area (Å²) in [6.07, 6.45) is 0. The highest BCUT2D eigenvalue weighted by atomic mass is 32.1. The molecule has 0 aliphatic carbocycles. The smallest absolute Gasteiger partial charge is 0.164 e. The molecule has 3 nitrogen and oxygen atoms in total. The molecule has 0 atom stereocenters. The molecule has 0 bridgehead atoms. The molecule has 0 saturated carbocycles. The van der Waals surface area contributed by atoms with Crippen LogP contribution in [-0.4, -0.2) is 15.0 Å². The number of fused-ring (bicyclic) bond motifs is 5. The first-order chi connectivity index (χ1) is 23.3. The van der Waals surface area contributed by atoms with E-state index in [1.807, 2.05) is 23.5 Å². The maximum atomic E-state index is 5.08. The van der Waals surface area contributed by atoms with Crippen molar-refractivity contribution in [2.24, 2.45) is 0 Å². The van der Waals surface area contributed by atoms with Crippen molar-refractivity contribution in [3.63, 3.8) is 0 Å². The fraction of sp³-hybridized carbons (Fsp3) is 0. The van der Waals surface area contributed by atoms with Gasteiger partial charge in [0, 0.05) is 36.9 Å². The third-order valence-electron chi connectivity index (χ3n) is 8.75. The van der Waals surface area contributed by atoms with E-state index in [-0.39, 0.29) is 0 Å². The second kappa shape index (κ2) is 11.4. The molecule has 7 aromatic carbocycles. The standard InChI is InChI=1S/C43H27N3S/c1-3-9-28(10-4-1)30-15-20-33(21-16-30)41-44-42(34-22-17-31(18-23-34)29-11-5-2-6-12-29)46-43(45-41)35-24-19-32-25-26-39-40(37(32)27-35)36-13-7-8-14-38(36)47-39/h1-27H. The lowest BCUT2D eigenvalue weighted by Crippen LogP contribution is -2.00. The lowest BCUT2D eigenvalue weighted by molar-refractivity contribution is 1.07. The molecule has 9 rings (SSSR count). The third kappa shape index (κ3) is 5.05. The van der Waals surface area contributed by atoms with Crippen molar-refractivity contribution in [2.45, 2.75) is 0 Å². The largest absolute Gasteiger partial charge is 0.208 e. The molecule has 0 radical (unpaired) electrons. The molecule has 0 unspecified atom stereocenters. The van der Waals surface area contributed by atoms with E-state index in [0.717, 1.165) is 27.8 Å². The van der Waals surface area contributed by atoms with Crippen molar-refractivity contribution in [3.05, 3.63) is 164 Å². The van der Waals surface area contributed by atoms with Crippen LogP contribution in [0.4, 0.5) is 0 Å². The van der Waals surface area contributed by atoms with Crippen LogP contribution < -0.4 is 0 Å². The zero-order valence-corrected chi connectivity index (χ0v) is 26.2. The fourth-order valence-corrected chi connectivity index (χ4v) is 7.45. The summed E-state index contributed by atoms with van der Waals surface area (Å²) in [5.74, 6) is 1.95. The number of hydrogen-bond acceptors (Lipinski definition) is 4. The molecule has 2 aromatic heterocycles. The van der Waals surface area contributed by atoms with Gasteiger partial charge in [0.05, 0.1) is 0 Å². The Hall–Kier alpha value is -5.97. The van der Waals surface area contributed by atoms with Crippen LogP contribution >= 0.6 is 11.3 Å². The Labute approximate surface area is 276 Å². The number of benzene rings is 7. The minimum absolute atomic E-state index is 0.649. The normalized spacial score (nSPS) is 11.4.